The molecule has 2 fully saturated rings. The molecule has 128 valence electrons. The molecule has 4 heteroatoms. The zero-order chi connectivity index (χ0) is 17.1. The molecule has 5 atom stereocenters. The molecule has 3 nitrogen and oxygen atoms in total. The van der Waals surface area contributed by atoms with Gasteiger partial charge in [0, 0.05) is 5.02 Å². The molecule has 2 aromatic carbocycles. The van der Waals surface area contributed by atoms with E-state index in [4.69, 9.17) is 11.6 Å². The van der Waals surface area contributed by atoms with Crippen molar-refractivity contribution in [2.24, 2.45) is 17.8 Å². The summed E-state index contributed by atoms with van der Waals surface area (Å²) in [4.78, 5) is 11.8. The number of carbonyl (C=O) groups is 1. The minimum Gasteiger partial charge on any atom is -0.478 e. The van der Waals surface area contributed by atoms with Crippen LogP contribution in [0.5, 0.6) is 0 Å². The van der Waals surface area contributed by atoms with Crippen LogP contribution >= 0.6 is 11.6 Å². The van der Waals surface area contributed by atoms with E-state index in [0.717, 1.165) is 16.3 Å². The number of fused-ring (bicyclic) bond motifs is 7. The number of para-hydroxylation sites is 1. The first-order valence-electron chi connectivity index (χ1n) is 9.02. The quantitative estimate of drug-likeness (QED) is 0.766. The van der Waals surface area contributed by atoms with Gasteiger partial charge in [-0.3, -0.25) is 0 Å². The smallest absolute Gasteiger partial charge is 0.337 e. The largest absolute Gasteiger partial charge is 0.478 e. The highest BCUT2D eigenvalue weighted by Crippen LogP contribution is 2.64. The van der Waals surface area contributed by atoms with Crippen LogP contribution in [0.15, 0.2) is 42.5 Å². The Balaban J connectivity index is 1.70. The van der Waals surface area contributed by atoms with Crippen molar-refractivity contribution >= 4 is 23.3 Å². The molecule has 2 N–H and O–H groups in total. The highest BCUT2D eigenvalue weighted by atomic mass is 35.5. The minimum absolute atomic E-state index is 0.0852. The summed E-state index contributed by atoms with van der Waals surface area (Å²) in [6.45, 7) is 0. The van der Waals surface area contributed by atoms with Crippen molar-refractivity contribution in [3.05, 3.63) is 64.2 Å². The SMILES string of the molecule is O=C(O)c1cccc2c1NC(c1ccccc1Cl)C1C3CCC(C3)C21. The van der Waals surface area contributed by atoms with E-state index in [0.29, 0.717) is 29.2 Å². The van der Waals surface area contributed by atoms with Crippen molar-refractivity contribution in [2.45, 2.75) is 31.2 Å². The topological polar surface area (TPSA) is 49.3 Å². The molecule has 0 radical (unpaired) electrons. The van der Waals surface area contributed by atoms with Gasteiger partial charge in [-0.25, -0.2) is 4.79 Å². The Morgan fingerprint density at radius 3 is 2.60 bits per heavy atom. The van der Waals surface area contributed by atoms with Crippen molar-refractivity contribution in [3.63, 3.8) is 0 Å². The van der Waals surface area contributed by atoms with Gasteiger partial charge in [-0.2, -0.15) is 0 Å². The fraction of sp³-hybridized carbons (Fsp3) is 0.381. The fourth-order valence-electron chi connectivity index (χ4n) is 5.73. The number of rotatable bonds is 2. The molecule has 2 saturated carbocycles. The molecule has 0 saturated heterocycles. The Bertz CT molecular complexity index is 865. The van der Waals surface area contributed by atoms with E-state index in [9.17, 15) is 9.90 Å². The van der Waals surface area contributed by atoms with E-state index >= 15 is 0 Å². The molecule has 25 heavy (non-hydrogen) atoms. The second-order valence-electron chi connectivity index (χ2n) is 7.65. The van der Waals surface area contributed by atoms with Crippen molar-refractivity contribution in [3.8, 4) is 0 Å². The Kier molecular flexibility index (Phi) is 3.36. The number of benzene rings is 2. The van der Waals surface area contributed by atoms with Crippen LogP contribution in [0.3, 0.4) is 0 Å². The van der Waals surface area contributed by atoms with Gasteiger partial charge in [0.05, 0.1) is 17.3 Å². The molecule has 2 bridgehead atoms. The van der Waals surface area contributed by atoms with Crippen LogP contribution in [0.25, 0.3) is 0 Å². The maximum Gasteiger partial charge on any atom is 0.337 e. The average Bonchev–Trinajstić information content (AvgIpc) is 3.23. The zero-order valence-corrected chi connectivity index (χ0v) is 14.5. The molecule has 2 aromatic rings. The highest BCUT2D eigenvalue weighted by molar-refractivity contribution is 6.31. The lowest BCUT2D eigenvalue weighted by atomic mass is 9.67. The number of carboxylic acid groups (broad SMARTS) is 1. The summed E-state index contributed by atoms with van der Waals surface area (Å²) in [7, 11) is 0. The van der Waals surface area contributed by atoms with Crippen LogP contribution in [0.2, 0.25) is 5.02 Å². The molecule has 2 aliphatic carbocycles. The van der Waals surface area contributed by atoms with E-state index in [2.05, 4.69) is 17.4 Å². The molecular formula is C21H20ClNO2. The van der Waals surface area contributed by atoms with Crippen molar-refractivity contribution in [2.75, 3.05) is 5.32 Å². The first kappa shape index (κ1) is 15.3. The molecule has 0 aromatic heterocycles. The highest BCUT2D eigenvalue weighted by Gasteiger charge is 2.54. The second-order valence-corrected chi connectivity index (χ2v) is 8.06. The molecule has 3 aliphatic rings. The van der Waals surface area contributed by atoms with Gasteiger partial charge in [0.15, 0.2) is 0 Å². The van der Waals surface area contributed by atoms with E-state index in [1.807, 2.05) is 24.3 Å². The molecule has 5 unspecified atom stereocenters. The predicted octanol–water partition coefficient (Wildman–Crippen LogP) is 5.33. The third-order valence-corrected chi connectivity index (χ3v) is 6.94. The van der Waals surface area contributed by atoms with E-state index in [-0.39, 0.29) is 6.04 Å². The number of hydrogen-bond donors (Lipinski definition) is 2. The first-order chi connectivity index (χ1) is 12.1. The fourth-order valence-corrected chi connectivity index (χ4v) is 5.98. The third-order valence-electron chi connectivity index (χ3n) is 6.59. The monoisotopic (exact) mass is 353 g/mol. The number of anilines is 1. The van der Waals surface area contributed by atoms with Crippen LogP contribution < -0.4 is 5.32 Å². The van der Waals surface area contributed by atoms with Gasteiger partial charge in [0.1, 0.15) is 0 Å². The summed E-state index contributed by atoms with van der Waals surface area (Å²) in [6.07, 6.45) is 3.80. The molecule has 5 rings (SSSR count). The molecule has 1 aliphatic heterocycles. The normalized spacial score (nSPS) is 32.0. The number of hydrogen-bond acceptors (Lipinski definition) is 2. The summed E-state index contributed by atoms with van der Waals surface area (Å²) in [5, 5.41) is 14.0. The van der Waals surface area contributed by atoms with E-state index in [1.165, 1.54) is 24.8 Å². The van der Waals surface area contributed by atoms with E-state index < -0.39 is 5.97 Å². The van der Waals surface area contributed by atoms with Gasteiger partial charge in [-0.05, 0) is 66.2 Å². The molecule has 0 spiro atoms. The number of nitrogens with one attached hydrogen (secondary N) is 1. The maximum atomic E-state index is 11.8. The van der Waals surface area contributed by atoms with Crippen molar-refractivity contribution < 1.29 is 9.90 Å². The number of halogens is 1. The molecule has 0 amide bonds. The van der Waals surface area contributed by atoms with Crippen molar-refractivity contribution in [1.82, 2.24) is 0 Å². The van der Waals surface area contributed by atoms with Gasteiger partial charge < -0.3 is 10.4 Å². The lowest BCUT2D eigenvalue weighted by Crippen LogP contribution is -2.36. The van der Waals surface area contributed by atoms with Gasteiger partial charge >= 0.3 is 5.97 Å². The first-order valence-corrected chi connectivity index (χ1v) is 9.40. The van der Waals surface area contributed by atoms with Gasteiger partial charge in [-0.15, -0.1) is 0 Å². The third kappa shape index (κ3) is 2.15. The Morgan fingerprint density at radius 2 is 1.80 bits per heavy atom. The summed E-state index contributed by atoms with van der Waals surface area (Å²) < 4.78 is 0. The average molecular weight is 354 g/mol. The Labute approximate surface area is 152 Å². The summed E-state index contributed by atoms with van der Waals surface area (Å²) >= 11 is 6.52. The Morgan fingerprint density at radius 1 is 1.04 bits per heavy atom. The van der Waals surface area contributed by atoms with Crippen LogP contribution in [0, 0.1) is 17.8 Å². The molecule has 1 heterocycles. The van der Waals surface area contributed by atoms with Crippen LogP contribution in [0.1, 0.15) is 52.7 Å². The summed E-state index contributed by atoms with van der Waals surface area (Å²) in [6, 6.07) is 13.8. The lowest BCUT2D eigenvalue weighted by Gasteiger charge is -2.44. The van der Waals surface area contributed by atoms with Gasteiger partial charge in [0.25, 0.3) is 0 Å². The zero-order valence-electron chi connectivity index (χ0n) is 13.8. The summed E-state index contributed by atoms with van der Waals surface area (Å²) in [5.41, 5.74) is 3.46. The van der Waals surface area contributed by atoms with Crippen molar-refractivity contribution in [1.29, 1.82) is 0 Å². The lowest BCUT2D eigenvalue weighted by molar-refractivity contribution is 0.0697. The van der Waals surface area contributed by atoms with Crippen LogP contribution in [-0.4, -0.2) is 11.1 Å². The second kappa shape index (κ2) is 5.50. The number of aromatic carboxylic acids is 1. The van der Waals surface area contributed by atoms with Crippen LogP contribution in [-0.2, 0) is 0 Å². The maximum absolute atomic E-state index is 11.8. The predicted molar refractivity (Wildman–Crippen MR) is 98.3 cm³/mol. The molecular weight excluding hydrogens is 334 g/mol. The summed E-state index contributed by atoms with van der Waals surface area (Å²) in [5.74, 6) is 1.44. The standard InChI is InChI=1S/C21H20ClNO2/c22-16-7-2-1-4-13(16)20-18-12-9-8-11(10-12)17(18)14-5-3-6-15(21(24)25)19(14)23-20/h1-7,11-12,17-18,20,23H,8-10H2,(H,24,25). The number of carboxylic acids is 1. The van der Waals surface area contributed by atoms with Gasteiger partial charge in [-0.1, -0.05) is 41.9 Å². The Hall–Kier alpha value is -2.00. The van der Waals surface area contributed by atoms with E-state index in [1.54, 1.807) is 6.07 Å². The van der Waals surface area contributed by atoms with Gasteiger partial charge in [0.2, 0.25) is 0 Å². The van der Waals surface area contributed by atoms with Crippen LogP contribution in [0.4, 0.5) is 5.69 Å². The minimum atomic E-state index is -0.871.